The number of aliphatic hydroxyl groups is 1. The molecule has 4 rings (SSSR count). The topological polar surface area (TPSA) is 48.4 Å². The lowest BCUT2D eigenvalue weighted by atomic mass is 10.0. The SMILES string of the molecule is COc1ccc(CN(C)CC2(O)CCN(Cc3cccc(CN4CCOCC4)c3)C2)cc1. The number of likely N-dealkylation sites (N-methyl/N-ethyl adjacent to an activating group) is 1. The van der Waals surface area contributed by atoms with Gasteiger partial charge < -0.3 is 14.6 Å². The number of benzene rings is 2. The quantitative estimate of drug-likeness (QED) is 0.648. The maximum Gasteiger partial charge on any atom is 0.118 e. The number of nitrogens with zero attached hydrogens (tertiary/aromatic N) is 3. The van der Waals surface area contributed by atoms with E-state index in [4.69, 9.17) is 9.47 Å². The van der Waals surface area contributed by atoms with Gasteiger partial charge >= 0.3 is 0 Å². The Kier molecular flexibility index (Phi) is 7.81. The van der Waals surface area contributed by atoms with E-state index in [1.54, 1.807) is 7.11 Å². The highest BCUT2D eigenvalue weighted by Crippen LogP contribution is 2.25. The zero-order chi connectivity index (χ0) is 22.4. The minimum atomic E-state index is -0.660. The summed E-state index contributed by atoms with van der Waals surface area (Å²) in [5, 5.41) is 11.2. The van der Waals surface area contributed by atoms with Crippen molar-refractivity contribution in [2.24, 2.45) is 0 Å². The Morgan fingerprint density at radius 1 is 0.969 bits per heavy atom. The van der Waals surface area contributed by atoms with E-state index in [1.807, 2.05) is 12.1 Å². The summed E-state index contributed by atoms with van der Waals surface area (Å²) in [6.07, 6.45) is 0.813. The van der Waals surface area contributed by atoms with E-state index in [1.165, 1.54) is 16.7 Å². The van der Waals surface area contributed by atoms with E-state index < -0.39 is 5.60 Å². The van der Waals surface area contributed by atoms with Crippen LogP contribution in [-0.4, -0.2) is 85.5 Å². The highest BCUT2D eigenvalue weighted by atomic mass is 16.5. The Labute approximate surface area is 192 Å². The molecule has 2 fully saturated rings. The fourth-order valence-electron chi connectivity index (χ4n) is 4.91. The van der Waals surface area contributed by atoms with Crippen LogP contribution in [0.25, 0.3) is 0 Å². The Balaban J connectivity index is 1.27. The predicted molar refractivity (Wildman–Crippen MR) is 127 cm³/mol. The first-order chi connectivity index (χ1) is 15.5. The fraction of sp³-hybridized carbons (Fsp3) is 0.538. The molecular formula is C26H37N3O3. The van der Waals surface area contributed by atoms with Crippen LogP contribution in [0.2, 0.25) is 0 Å². The van der Waals surface area contributed by atoms with Crippen LogP contribution in [0.5, 0.6) is 5.75 Å². The van der Waals surface area contributed by atoms with Gasteiger partial charge in [-0.15, -0.1) is 0 Å². The van der Waals surface area contributed by atoms with Gasteiger partial charge in [0.15, 0.2) is 0 Å². The molecule has 2 heterocycles. The minimum Gasteiger partial charge on any atom is -0.497 e. The summed E-state index contributed by atoms with van der Waals surface area (Å²) in [5.74, 6) is 0.871. The Morgan fingerprint density at radius 3 is 2.34 bits per heavy atom. The molecule has 2 aliphatic rings. The molecule has 6 heteroatoms. The summed E-state index contributed by atoms with van der Waals surface area (Å²) in [6.45, 7) is 8.69. The van der Waals surface area contributed by atoms with Gasteiger partial charge in [-0.1, -0.05) is 36.4 Å². The molecular weight excluding hydrogens is 402 g/mol. The van der Waals surface area contributed by atoms with Gasteiger partial charge in [0.2, 0.25) is 0 Å². The monoisotopic (exact) mass is 439 g/mol. The molecule has 0 radical (unpaired) electrons. The van der Waals surface area contributed by atoms with E-state index in [-0.39, 0.29) is 0 Å². The lowest BCUT2D eigenvalue weighted by Gasteiger charge is -2.29. The van der Waals surface area contributed by atoms with Crippen molar-refractivity contribution in [2.75, 3.05) is 60.1 Å². The number of rotatable bonds is 9. The standard InChI is InChI=1S/C26H37N3O3/c1-27(17-22-6-8-25(31-2)9-7-22)20-26(30)10-11-29(21-26)19-24-5-3-4-23(16-24)18-28-12-14-32-15-13-28/h3-9,16,30H,10-15,17-21H2,1-2H3. The van der Waals surface area contributed by atoms with Crippen molar-refractivity contribution in [2.45, 2.75) is 31.7 Å². The van der Waals surface area contributed by atoms with Crippen molar-refractivity contribution in [1.82, 2.24) is 14.7 Å². The number of hydrogen-bond donors (Lipinski definition) is 1. The Bertz CT molecular complexity index is 854. The van der Waals surface area contributed by atoms with Crippen molar-refractivity contribution < 1.29 is 14.6 Å². The maximum absolute atomic E-state index is 11.2. The third kappa shape index (κ3) is 6.53. The summed E-state index contributed by atoms with van der Waals surface area (Å²) < 4.78 is 10.7. The second-order valence-electron chi connectivity index (χ2n) is 9.41. The summed E-state index contributed by atoms with van der Waals surface area (Å²) in [6, 6.07) is 17.1. The molecule has 1 unspecified atom stereocenters. The average Bonchev–Trinajstić information content (AvgIpc) is 3.15. The number of ether oxygens (including phenoxy) is 2. The first kappa shape index (κ1) is 23.2. The summed E-state index contributed by atoms with van der Waals surface area (Å²) in [5.41, 5.74) is 3.25. The van der Waals surface area contributed by atoms with Gasteiger partial charge in [0.1, 0.15) is 5.75 Å². The first-order valence-corrected chi connectivity index (χ1v) is 11.7. The number of hydrogen-bond acceptors (Lipinski definition) is 6. The number of likely N-dealkylation sites (tertiary alicyclic amines) is 1. The third-order valence-corrected chi connectivity index (χ3v) is 6.49. The van der Waals surface area contributed by atoms with Gasteiger partial charge in [-0.05, 0) is 42.3 Å². The molecule has 2 aliphatic heterocycles. The van der Waals surface area contributed by atoms with E-state index >= 15 is 0 Å². The number of morpholine rings is 1. The van der Waals surface area contributed by atoms with Crippen molar-refractivity contribution in [3.05, 3.63) is 65.2 Å². The first-order valence-electron chi connectivity index (χ1n) is 11.7. The van der Waals surface area contributed by atoms with Crippen LogP contribution in [0.15, 0.2) is 48.5 Å². The molecule has 174 valence electrons. The van der Waals surface area contributed by atoms with Crippen LogP contribution in [0.4, 0.5) is 0 Å². The summed E-state index contributed by atoms with van der Waals surface area (Å²) in [4.78, 5) is 7.05. The Hall–Kier alpha value is -1.96. The van der Waals surface area contributed by atoms with E-state index in [0.717, 1.165) is 64.7 Å². The Morgan fingerprint density at radius 2 is 1.66 bits per heavy atom. The van der Waals surface area contributed by atoms with Gasteiger partial charge in [-0.3, -0.25) is 14.7 Å². The number of methoxy groups -OCH3 is 1. The molecule has 0 spiro atoms. The minimum absolute atomic E-state index is 0.660. The van der Waals surface area contributed by atoms with Crippen LogP contribution >= 0.6 is 0 Å². The van der Waals surface area contributed by atoms with Crippen molar-refractivity contribution in [3.8, 4) is 5.75 Å². The van der Waals surface area contributed by atoms with Crippen LogP contribution in [-0.2, 0) is 24.4 Å². The molecule has 0 aliphatic carbocycles. The zero-order valence-electron chi connectivity index (χ0n) is 19.5. The van der Waals surface area contributed by atoms with Crippen LogP contribution in [0.3, 0.4) is 0 Å². The second kappa shape index (κ2) is 10.8. The summed E-state index contributed by atoms with van der Waals surface area (Å²) in [7, 11) is 3.77. The molecule has 2 aromatic carbocycles. The van der Waals surface area contributed by atoms with Gasteiger partial charge in [-0.25, -0.2) is 0 Å². The highest BCUT2D eigenvalue weighted by Gasteiger charge is 2.36. The van der Waals surface area contributed by atoms with E-state index in [2.05, 4.69) is 58.1 Å². The lowest BCUT2D eigenvalue weighted by molar-refractivity contribution is 0.0162. The average molecular weight is 440 g/mol. The van der Waals surface area contributed by atoms with Gasteiger partial charge in [-0.2, -0.15) is 0 Å². The van der Waals surface area contributed by atoms with Crippen molar-refractivity contribution in [1.29, 1.82) is 0 Å². The second-order valence-corrected chi connectivity index (χ2v) is 9.41. The maximum atomic E-state index is 11.2. The molecule has 1 atom stereocenters. The van der Waals surface area contributed by atoms with Crippen LogP contribution < -0.4 is 4.74 Å². The normalized spacial score (nSPS) is 22.5. The summed E-state index contributed by atoms with van der Waals surface area (Å²) >= 11 is 0. The number of β-amino-alcohol motifs (C(OH)–C–C–N with tert-alkyl or cyclic N) is 1. The molecule has 0 amide bonds. The zero-order valence-corrected chi connectivity index (χ0v) is 19.5. The van der Waals surface area contributed by atoms with Crippen LogP contribution in [0, 0.1) is 0 Å². The van der Waals surface area contributed by atoms with Crippen molar-refractivity contribution >= 4 is 0 Å². The largest absolute Gasteiger partial charge is 0.497 e. The van der Waals surface area contributed by atoms with Crippen molar-refractivity contribution in [3.63, 3.8) is 0 Å². The molecule has 0 bridgehead atoms. The lowest BCUT2D eigenvalue weighted by Crippen LogP contribution is -2.43. The van der Waals surface area contributed by atoms with E-state index in [9.17, 15) is 5.11 Å². The molecule has 2 saturated heterocycles. The third-order valence-electron chi connectivity index (χ3n) is 6.49. The van der Waals surface area contributed by atoms with Gasteiger partial charge in [0.25, 0.3) is 0 Å². The van der Waals surface area contributed by atoms with Gasteiger partial charge in [0, 0.05) is 52.4 Å². The van der Waals surface area contributed by atoms with E-state index in [0.29, 0.717) is 13.1 Å². The highest BCUT2D eigenvalue weighted by molar-refractivity contribution is 5.27. The molecule has 0 aromatic heterocycles. The predicted octanol–water partition coefficient (Wildman–Crippen LogP) is 2.60. The molecule has 32 heavy (non-hydrogen) atoms. The molecule has 0 saturated carbocycles. The van der Waals surface area contributed by atoms with Crippen LogP contribution in [0.1, 0.15) is 23.1 Å². The smallest absolute Gasteiger partial charge is 0.118 e. The molecule has 6 nitrogen and oxygen atoms in total. The van der Waals surface area contributed by atoms with Gasteiger partial charge in [0.05, 0.1) is 25.9 Å². The molecule has 2 aromatic rings. The molecule has 1 N–H and O–H groups in total. The fourth-order valence-corrected chi connectivity index (χ4v) is 4.91.